The van der Waals surface area contributed by atoms with Crippen LogP contribution in [0.4, 0.5) is 0 Å². The number of rotatable bonds is 0. The van der Waals surface area contributed by atoms with Gasteiger partial charge in [0.15, 0.2) is 0 Å². The summed E-state index contributed by atoms with van der Waals surface area (Å²) in [4.78, 5) is 14.3. The molecule has 0 bridgehead atoms. The van der Waals surface area contributed by atoms with Gasteiger partial charge in [-0.25, -0.2) is 0 Å². The van der Waals surface area contributed by atoms with Gasteiger partial charge in [-0.1, -0.05) is 23.7 Å². The summed E-state index contributed by atoms with van der Waals surface area (Å²) in [6, 6.07) is 4.31. The second-order valence-corrected chi connectivity index (χ2v) is 5.45. The number of carbonyl (C=O) groups is 1. The Morgan fingerprint density at radius 2 is 2.11 bits per heavy atom. The average Bonchev–Trinajstić information content (AvgIpc) is 2.63. The molecule has 1 N–H and O–H groups in total. The molecule has 3 nitrogen and oxygen atoms in total. The Morgan fingerprint density at radius 3 is 2.83 bits per heavy atom. The van der Waals surface area contributed by atoms with Gasteiger partial charge in [0.05, 0.1) is 10.6 Å². The summed E-state index contributed by atoms with van der Waals surface area (Å²) in [6.45, 7) is 3.83. The van der Waals surface area contributed by atoms with E-state index in [1.807, 2.05) is 13.0 Å². The van der Waals surface area contributed by atoms with Crippen molar-refractivity contribution in [1.29, 1.82) is 0 Å². The molecule has 3 rings (SSSR count). The number of halogens is 2. The molecule has 1 saturated heterocycles. The van der Waals surface area contributed by atoms with Crippen LogP contribution in [0.25, 0.3) is 0 Å². The summed E-state index contributed by atoms with van der Waals surface area (Å²) in [6.07, 6.45) is 0. The van der Waals surface area contributed by atoms with Crippen LogP contribution in [-0.4, -0.2) is 37.0 Å². The van der Waals surface area contributed by atoms with Gasteiger partial charge in [0.1, 0.15) is 0 Å². The first-order valence-electron chi connectivity index (χ1n) is 5.86. The van der Waals surface area contributed by atoms with Crippen LogP contribution >= 0.6 is 24.0 Å². The first-order valence-corrected chi connectivity index (χ1v) is 6.24. The zero-order valence-corrected chi connectivity index (χ0v) is 11.9. The largest absolute Gasteiger partial charge is 0.347 e. The quantitative estimate of drug-likeness (QED) is 0.793. The Kier molecular flexibility index (Phi) is 3.58. The van der Waals surface area contributed by atoms with Gasteiger partial charge in [-0.2, -0.15) is 0 Å². The molecule has 0 radical (unpaired) electrons. The van der Waals surface area contributed by atoms with Crippen LogP contribution in [0.3, 0.4) is 0 Å². The second kappa shape index (κ2) is 4.72. The summed E-state index contributed by atoms with van der Waals surface area (Å²) in [5, 5.41) is 3.67. The third kappa shape index (κ3) is 1.91. The molecule has 5 heteroatoms. The number of fused-ring (bicyclic) bond motifs is 3. The Hall–Kier alpha value is -0.770. The van der Waals surface area contributed by atoms with Crippen molar-refractivity contribution >= 4 is 29.9 Å². The summed E-state index contributed by atoms with van der Waals surface area (Å²) in [7, 11) is 2.08. The Morgan fingerprint density at radius 1 is 1.39 bits per heavy atom. The summed E-state index contributed by atoms with van der Waals surface area (Å²) in [5.41, 5.74) is 2.76. The molecule has 98 valence electrons. The van der Waals surface area contributed by atoms with Gasteiger partial charge in [0.25, 0.3) is 5.91 Å². The van der Waals surface area contributed by atoms with Crippen molar-refractivity contribution in [2.24, 2.45) is 0 Å². The topological polar surface area (TPSA) is 32.3 Å². The van der Waals surface area contributed by atoms with Crippen LogP contribution in [0.1, 0.15) is 27.4 Å². The maximum absolute atomic E-state index is 12.1. The molecule has 2 heterocycles. The normalized spacial score (nSPS) is 26.1. The van der Waals surface area contributed by atoms with E-state index < -0.39 is 0 Å². The monoisotopic (exact) mass is 286 g/mol. The van der Waals surface area contributed by atoms with E-state index in [9.17, 15) is 4.79 Å². The van der Waals surface area contributed by atoms with Crippen molar-refractivity contribution in [2.45, 2.75) is 18.9 Å². The lowest BCUT2D eigenvalue weighted by Crippen LogP contribution is -2.44. The zero-order chi connectivity index (χ0) is 12.2. The lowest BCUT2D eigenvalue weighted by Gasteiger charge is -2.29. The first-order chi connectivity index (χ1) is 8.08. The zero-order valence-electron chi connectivity index (χ0n) is 10.4. The number of benzene rings is 1. The van der Waals surface area contributed by atoms with Gasteiger partial charge >= 0.3 is 0 Å². The van der Waals surface area contributed by atoms with Crippen molar-refractivity contribution in [2.75, 3.05) is 20.1 Å². The van der Waals surface area contributed by atoms with E-state index in [0.29, 0.717) is 16.5 Å². The number of hydrogen-bond donors (Lipinski definition) is 1. The molecule has 1 amide bonds. The predicted octanol–water partition coefficient (Wildman–Crippen LogP) is 2.21. The van der Waals surface area contributed by atoms with Crippen molar-refractivity contribution in [1.82, 2.24) is 10.2 Å². The standard InChI is InChI=1S/C13H15ClN2O.ClH/c1-7-3-4-8-9-5-16(2)6-10(9)15-13(17)11(8)12(7)14;/h3-4,9-10H,5-6H2,1-2H3,(H,15,17);1H/t9-,10+;/m1./s1. The van der Waals surface area contributed by atoms with Gasteiger partial charge in [0, 0.05) is 25.0 Å². The molecule has 0 aliphatic carbocycles. The van der Waals surface area contributed by atoms with Crippen molar-refractivity contribution in [3.8, 4) is 0 Å². The molecule has 0 unspecified atom stereocenters. The van der Waals surface area contributed by atoms with Gasteiger partial charge < -0.3 is 10.2 Å². The lowest BCUT2D eigenvalue weighted by molar-refractivity contribution is 0.0923. The summed E-state index contributed by atoms with van der Waals surface area (Å²) >= 11 is 6.26. The number of nitrogens with one attached hydrogen (secondary N) is 1. The molecule has 2 aliphatic rings. The Bertz CT molecular complexity index is 504. The molecule has 1 aromatic rings. The first kappa shape index (κ1) is 13.7. The molecule has 0 aromatic heterocycles. The highest BCUT2D eigenvalue weighted by molar-refractivity contribution is 6.35. The van der Waals surface area contributed by atoms with Gasteiger partial charge in [0.2, 0.25) is 0 Å². The minimum Gasteiger partial charge on any atom is -0.347 e. The molecule has 1 aromatic carbocycles. The fraction of sp³-hybridized carbons (Fsp3) is 0.462. The van der Waals surface area contributed by atoms with Crippen molar-refractivity contribution in [3.05, 3.63) is 33.8 Å². The molecule has 2 aliphatic heterocycles. The third-order valence-corrected chi connectivity index (χ3v) is 4.30. The Labute approximate surface area is 118 Å². The van der Waals surface area contributed by atoms with Crippen molar-refractivity contribution in [3.63, 3.8) is 0 Å². The maximum Gasteiger partial charge on any atom is 0.253 e. The highest BCUT2D eigenvalue weighted by atomic mass is 35.5. The average molecular weight is 287 g/mol. The van der Waals surface area contributed by atoms with E-state index >= 15 is 0 Å². The summed E-state index contributed by atoms with van der Waals surface area (Å²) in [5.74, 6) is 0.357. The van der Waals surface area contributed by atoms with E-state index in [1.54, 1.807) is 0 Å². The number of likely N-dealkylation sites (N-methyl/N-ethyl adjacent to an activating group) is 1. The highest BCUT2D eigenvalue weighted by Crippen LogP contribution is 2.37. The smallest absolute Gasteiger partial charge is 0.253 e. The summed E-state index contributed by atoms with van der Waals surface area (Å²) < 4.78 is 0. The number of aryl methyl sites for hydroxylation is 1. The minimum absolute atomic E-state index is 0. The van der Waals surface area contributed by atoms with E-state index in [0.717, 1.165) is 24.2 Å². The van der Waals surface area contributed by atoms with Crippen LogP contribution in [0.2, 0.25) is 5.02 Å². The molecule has 18 heavy (non-hydrogen) atoms. The van der Waals surface area contributed by atoms with Crippen LogP contribution in [-0.2, 0) is 0 Å². The van der Waals surface area contributed by atoms with E-state index in [2.05, 4.69) is 23.3 Å². The van der Waals surface area contributed by atoms with Crippen LogP contribution in [0.15, 0.2) is 12.1 Å². The molecule has 2 atom stereocenters. The fourth-order valence-electron chi connectivity index (χ4n) is 2.94. The highest BCUT2D eigenvalue weighted by Gasteiger charge is 2.40. The predicted molar refractivity (Wildman–Crippen MR) is 74.9 cm³/mol. The molecular formula is C13H16Cl2N2O. The van der Waals surface area contributed by atoms with Crippen LogP contribution in [0, 0.1) is 6.92 Å². The lowest BCUT2D eigenvalue weighted by atomic mass is 9.85. The van der Waals surface area contributed by atoms with Crippen LogP contribution in [0.5, 0.6) is 0 Å². The molecule has 1 fully saturated rings. The third-order valence-electron chi connectivity index (χ3n) is 3.81. The van der Waals surface area contributed by atoms with Gasteiger partial charge in [-0.05, 0) is 25.1 Å². The van der Waals surface area contributed by atoms with Crippen molar-refractivity contribution < 1.29 is 4.79 Å². The Balaban J connectivity index is 0.00000120. The maximum atomic E-state index is 12.1. The second-order valence-electron chi connectivity index (χ2n) is 5.07. The fourth-order valence-corrected chi connectivity index (χ4v) is 3.20. The number of likely N-dealkylation sites (tertiary alicyclic amines) is 1. The SMILES string of the molecule is Cc1ccc2c(c1Cl)C(=O)N[C@H]1CN(C)C[C@H]21.Cl. The van der Waals surface area contributed by atoms with E-state index in [1.165, 1.54) is 0 Å². The molecule has 0 saturated carbocycles. The molecule has 0 spiro atoms. The number of amides is 1. The van der Waals surface area contributed by atoms with Gasteiger partial charge in [-0.15, -0.1) is 12.4 Å². The van der Waals surface area contributed by atoms with Gasteiger partial charge in [-0.3, -0.25) is 4.79 Å². The number of nitrogens with zero attached hydrogens (tertiary/aromatic N) is 1. The molecular weight excluding hydrogens is 271 g/mol. The minimum atomic E-state index is -0.0229. The number of carbonyl (C=O) groups excluding carboxylic acids is 1. The van der Waals surface area contributed by atoms with E-state index in [-0.39, 0.29) is 24.4 Å². The van der Waals surface area contributed by atoms with E-state index in [4.69, 9.17) is 11.6 Å². The number of hydrogen-bond acceptors (Lipinski definition) is 2. The van der Waals surface area contributed by atoms with Crippen LogP contribution < -0.4 is 5.32 Å².